The Bertz CT molecular complexity index is 354. The Morgan fingerprint density at radius 3 is 2.71 bits per heavy atom. The highest BCUT2D eigenvalue weighted by Crippen LogP contribution is 2.18. The van der Waals surface area contributed by atoms with Gasteiger partial charge in [0.15, 0.2) is 0 Å². The molecule has 0 aliphatic heterocycles. The molecular weight excluding hydrogens is 216 g/mol. The molecular formula is C12H22N4O. The normalized spacial score (nSPS) is 12.8. The van der Waals surface area contributed by atoms with Crippen LogP contribution in [0.1, 0.15) is 26.3 Å². The average Bonchev–Trinajstić information content (AvgIpc) is 2.29. The van der Waals surface area contributed by atoms with Crippen LogP contribution in [0.5, 0.6) is 0 Å². The number of anilines is 2. The summed E-state index contributed by atoms with van der Waals surface area (Å²) in [5.41, 5.74) is 6.63. The SMILES string of the molecule is CCOCC(Nc1ncnc(N)c1C)C(C)C. The fraction of sp³-hybridized carbons (Fsp3) is 0.667. The van der Waals surface area contributed by atoms with Gasteiger partial charge in [-0.1, -0.05) is 13.8 Å². The van der Waals surface area contributed by atoms with Crippen LogP contribution in [-0.2, 0) is 4.74 Å². The van der Waals surface area contributed by atoms with E-state index >= 15 is 0 Å². The number of hydrogen-bond acceptors (Lipinski definition) is 5. The molecule has 1 atom stereocenters. The summed E-state index contributed by atoms with van der Waals surface area (Å²) in [6.45, 7) is 9.58. The van der Waals surface area contributed by atoms with Crippen molar-refractivity contribution in [3.05, 3.63) is 11.9 Å². The van der Waals surface area contributed by atoms with Crippen LogP contribution in [0.4, 0.5) is 11.6 Å². The van der Waals surface area contributed by atoms with Gasteiger partial charge in [0.25, 0.3) is 0 Å². The summed E-state index contributed by atoms with van der Waals surface area (Å²) in [6.07, 6.45) is 1.47. The smallest absolute Gasteiger partial charge is 0.134 e. The third kappa shape index (κ3) is 3.85. The zero-order valence-corrected chi connectivity index (χ0v) is 11.0. The molecule has 0 aliphatic carbocycles. The minimum atomic E-state index is 0.225. The maximum absolute atomic E-state index is 5.75. The number of nitrogens with one attached hydrogen (secondary N) is 1. The van der Waals surface area contributed by atoms with Gasteiger partial charge in [0.2, 0.25) is 0 Å². The van der Waals surface area contributed by atoms with Crippen molar-refractivity contribution in [2.45, 2.75) is 33.7 Å². The summed E-state index contributed by atoms with van der Waals surface area (Å²) in [6, 6.07) is 0.225. The summed E-state index contributed by atoms with van der Waals surface area (Å²) in [5, 5.41) is 3.37. The molecule has 0 aliphatic rings. The van der Waals surface area contributed by atoms with Gasteiger partial charge in [0.05, 0.1) is 12.6 Å². The zero-order chi connectivity index (χ0) is 12.8. The average molecular weight is 238 g/mol. The first-order chi connectivity index (χ1) is 8.06. The molecule has 5 heteroatoms. The van der Waals surface area contributed by atoms with E-state index < -0.39 is 0 Å². The van der Waals surface area contributed by atoms with Crippen LogP contribution >= 0.6 is 0 Å². The Balaban J connectivity index is 2.75. The first-order valence-electron chi connectivity index (χ1n) is 5.97. The molecule has 0 bridgehead atoms. The lowest BCUT2D eigenvalue weighted by atomic mass is 10.1. The topological polar surface area (TPSA) is 73.1 Å². The molecule has 0 fully saturated rings. The molecule has 0 saturated heterocycles. The number of nitrogen functional groups attached to an aromatic ring is 1. The van der Waals surface area contributed by atoms with Gasteiger partial charge < -0.3 is 15.8 Å². The lowest BCUT2D eigenvalue weighted by Gasteiger charge is -2.23. The van der Waals surface area contributed by atoms with Crippen molar-refractivity contribution in [1.29, 1.82) is 0 Å². The fourth-order valence-electron chi connectivity index (χ4n) is 1.43. The predicted molar refractivity (Wildman–Crippen MR) is 69.9 cm³/mol. The second-order valence-corrected chi connectivity index (χ2v) is 4.39. The molecule has 3 N–H and O–H groups in total. The minimum Gasteiger partial charge on any atom is -0.383 e. The van der Waals surface area contributed by atoms with Crippen molar-refractivity contribution in [1.82, 2.24) is 9.97 Å². The van der Waals surface area contributed by atoms with Crippen molar-refractivity contribution in [3.8, 4) is 0 Å². The first kappa shape index (κ1) is 13.7. The highest BCUT2D eigenvalue weighted by molar-refractivity contribution is 5.54. The Labute approximate surface area is 103 Å². The maximum atomic E-state index is 5.75. The molecule has 1 aromatic rings. The standard InChI is InChI=1S/C12H22N4O/c1-5-17-6-10(8(2)3)16-12-9(4)11(13)14-7-15-12/h7-8,10H,5-6H2,1-4H3,(H3,13,14,15,16). The van der Waals surface area contributed by atoms with Crippen molar-refractivity contribution >= 4 is 11.6 Å². The van der Waals surface area contributed by atoms with Crippen molar-refractivity contribution in [3.63, 3.8) is 0 Å². The van der Waals surface area contributed by atoms with E-state index in [-0.39, 0.29) is 6.04 Å². The van der Waals surface area contributed by atoms with Crippen LogP contribution in [0.2, 0.25) is 0 Å². The summed E-state index contributed by atoms with van der Waals surface area (Å²) in [4.78, 5) is 8.16. The van der Waals surface area contributed by atoms with Gasteiger partial charge >= 0.3 is 0 Å². The monoisotopic (exact) mass is 238 g/mol. The van der Waals surface area contributed by atoms with E-state index in [2.05, 4.69) is 29.1 Å². The van der Waals surface area contributed by atoms with Gasteiger partial charge in [-0.25, -0.2) is 9.97 Å². The van der Waals surface area contributed by atoms with Crippen molar-refractivity contribution in [2.75, 3.05) is 24.3 Å². The van der Waals surface area contributed by atoms with Crippen LogP contribution in [0.15, 0.2) is 6.33 Å². The molecule has 1 heterocycles. The Kier molecular flexibility index (Phi) is 5.15. The van der Waals surface area contributed by atoms with Crippen molar-refractivity contribution in [2.24, 2.45) is 5.92 Å². The quantitative estimate of drug-likeness (QED) is 0.791. The molecule has 0 spiro atoms. The van der Waals surface area contributed by atoms with Crippen LogP contribution < -0.4 is 11.1 Å². The number of ether oxygens (including phenoxy) is 1. The van der Waals surface area contributed by atoms with Gasteiger partial charge in [-0.3, -0.25) is 0 Å². The van der Waals surface area contributed by atoms with Crippen LogP contribution in [0.3, 0.4) is 0 Å². The Hall–Kier alpha value is -1.36. The number of rotatable bonds is 6. The molecule has 0 radical (unpaired) electrons. The molecule has 0 saturated carbocycles. The molecule has 5 nitrogen and oxygen atoms in total. The lowest BCUT2D eigenvalue weighted by molar-refractivity contribution is 0.126. The largest absolute Gasteiger partial charge is 0.383 e. The van der Waals surface area contributed by atoms with Gasteiger partial charge in [0, 0.05) is 12.2 Å². The first-order valence-corrected chi connectivity index (χ1v) is 5.97. The second kappa shape index (κ2) is 6.39. The molecule has 1 aromatic heterocycles. The van der Waals surface area contributed by atoms with Gasteiger partial charge in [-0.2, -0.15) is 0 Å². The van der Waals surface area contributed by atoms with Crippen molar-refractivity contribution < 1.29 is 4.74 Å². The number of aromatic nitrogens is 2. The van der Waals surface area contributed by atoms with Crippen LogP contribution in [0.25, 0.3) is 0 Å². The Morgan fingerprint density at radius 2 is 2.12 bits per heavy atom. The highest BCUT2D eigenvalue weighted by Gasteiger charge is 2.15. The fourth-order valence-corrected chi connectivity index (χ4v) is 1.43. The summed E-state index contributed by atoms with van der Waals surface area (Å²) >= 11 is 0. The second-order valence-electron chi connectivity index (χ2n) is 4.39. The summed E-state index contributed by atoms with van der Waals surface area (Å²) in [5.74, 6) is 1.76. The van der Waals surface area contributed by atoms with Gasteiger partial charge in [0.1, 0.15) is 18.0 Å². The van der Waals surface area contributed by atoms with Gasteiger partial charge in [-0.15, -0.1) is 0 Å². The predicted octanol–water partition coefficient (Wildman–Crippen LogP) is 1.84. The van der Waals surface area contributed by atoms with E-state index in [0.29, 0.717) is 18.3 Å². The van der Waals surface area contributed by atoms with E-state index in [4.69, 9.17) is 10.5 Å². The molecule has 1 unspecified atom stereocenters. The third-order valence-corrected chi connectivity index (χ3v) is 2.75. The maximum Gasteiger partial charge on any atom is 0.134 e. The van der Waals surface area contributed by atoms with E-state index in [9.17, 15) is 0 Å². The Morgan fingerprint density at radius 1 is 1.41 bits per heavy atom. The number of nitrogens with zero attached hydrogens (tertiary/aromatic N) is 2. The number of nitrogens with two attached hydrogens (primary N) is 1. The molecule has 0 amide bonds. The van der Waals surface area contributed by atoms with E-state index in [0.717, 1.165) is 18.0 Å². The van der Waals surface area contributed by atoms with Gasteiger partial charge in [-0.05, 0) is 19.8 Å². The molecule has 1 rings (SSSR count). The highest BCUT2D eigenvalue weighted by atomic mass is 16.5. The lowest BCUT2D eigenvalue weighted by Crippen LogP contribution is -2.31. The summed E-state index contributed by atoms with van der Waals surface area (Å²) < 4.78 is 5.46. The number of hydrogen-bond donors (Lipinski definition) is 2. The minimum absolute atomic E-state index is 0.225. The molecule has 0 aromatic carbocycles. The summed E-state index contributed by atoms with van der Waals surface area (Å²) in [7, 11) is 0. The third-order valence-electron chi connectivity index (χ3n) is 2.75. The van der Waals surface area contributed by atoms with E-state index in [1.165, 1.54) is 6.33 Å². The molecule has 96 valence electrons. The van der Waals surface area contributed by atoms with E-state index in [1.807, 2.05) is 13.8 Å². The molecule has 17 heavy (non-hydrogen) atoms. The zero-order valence-electron chi connectivity index (χ0n) is 11.0. The van der Waals surface area contributed by atoms with Crippen LogP contribution in [-0.4, -0.2) is 29.2 Å². The van der Waals surface area contributed by atoms with E-state index in [1.54, 1.807) is 0 Å². The van der Waals surface area contributed by atoms with Crippen LogP contribution in [0, 0.1) is 12.8 Å².